The second kappa shape index (κ2) is 7.88. The van der Waals surface area contributed by atoms with Crippen molar-refractivity contribution >= 4 is 5.91 Å². The van der Waals surface area contributed by atoms with E-state index in [1.54, 1.807) is 4.90 Å². The van der Waals surface area contributed by atoms with Crippen molar-refractivity contribution in [3.8, 4) is 0 Å². The summed E-state index contributed by atoms with van der Waals surface area (Å²) < 4.78 is 0. The van der Waals surface area contributed by atoms with Crippen LogP contribution in [0, 0.1) is 6.92 Å². The van der Waals surface area contributed by atoms with Gasteiger partial charge in [0.15, 0.2) is 0 Å². The van der Waals surface area contributed by atoms with E-state index in [2.05, 4.69) is 31.2 Å². The quantitative estimate of drug-likeness (QED) is 0.804. The average Bonchev–Trinajstić information content (AvgIpc) is 2.37. The van der Waals surface area contributed by atoms with Gasteiger partial charge in [0.2, 0.25) is 5.91 Å². The molecular weight excluding hydrogens is 226 g/mol. The molecule has 0 bridgehead atoms. The lowest BCUT2D eigenvalue weighted by Gasteiger charge is -2.21. The number of aliphatic hydroxyl groups is 1. The summed E-state index contributed by atoms with van der Waals surface area (Å²) in [5.74, 6) is 0.131. The molecule has 0 radical (unpaired) electrons. The first-order valence-corrected chi connectivity index (χ1v) is 6.61. The molecule has 0 heterocycles. The molecule has 0 fully saturated rings. The van der Waals surface area contributed by atoms with Crippen molar-refractivity contribution in [3.63, 3.8) is 0 Å². The van der Waals surface area contributed by atoms with Crippen LogP contribution in [0.5, 0.6) is 0 Å². The van der Waals surface area contributed by atoms with E-state index < -0.39 is 0 Å². The fourth-order valence-corrected chi connectivity index (χ4v) is 1.92. The first kappa shape index (κ1) is 14.7. The van der Waals surface area contributed by atoms with E-state index in [9.17, 15) is 4.79 Å². The molecule has 0 aromatic heterocycles. The molecule has 3 heteroatoms. The summed E-state index contributed by atoms with van der Waals surface area (Å²) in [6, 6.07) is 8.27. The lowest BCUT2D eigenvalue weighted by atomic mass is 10.1. The third-order valence-corrected chi connectivity index (χ3v) is 2.96. The minimum Gasteiger partial charge on any atom is -0.395 e. The first-order valence-electron chi connectivity index (χ1n) is 6.61. The summed E-state index contributed by atoms with van der Waals surface area (Å²) in [4.78, 5) is 13.7. The number of rotatable bonds is 7. The first-order chi connectivity index (χ1) is 8.67. The molecule has 1 aromatic rings. The predicted octanol–water partition coefficient (Wildman–Crippen LogP) is 2.16. The predicted molar refractivity (Wildman–Crippen MR) is 73.5 cm³/mol. The van der Waals surface area contributed by atoms with Crippen LogP contribution < -0.4 is 0 Å². The van der Waals surface area contributed by atoms with Gasteiger partial charge in [-0.25, -0.2) is 0 Å². The molecule has 100 valence electrons. The van der Waals surface area contributed by atoms with E-state index in [4.69, 9.17) is 5.11 Å². The third kappa shape index (κ3) is 4.88. The van der Waals surface area contributed by atoms with Gasteiger partial charge in [0.1, 0.15) is 0 Å². The Morgan fingerprint density at radius 1 is 1.22 bits per heavy atom. The number of amides is 1. The Balaban J connectivity index is 2.45. The van der Waals surface area contributed by atoms with Gasteiger partial charge in [0.05, 0.1) is 6.61 Å². The molecule has 1 N–H and O–H groups in total. The summed E-state index contributed by atoms with van der Waals surface area (Å²) in [6.07, 6.45) is 2.21. The Kier molecular flexibility index (Phi) is 6.44. The van der Waals surface area contributed by atoms with Gasteiger partial charge in [-0.15, -0.1) is 0 Å². The van der Waals surface area contributed by atoms with Crippen molar-refractivity contribution in [3.05, 3.63) is 35.4 Å². The van der Waals surface area contributed by atoms with Crippen molar-refractivity contribution in [2.24, 2.45) is 0 Å². The highest BCUT2D eigenvalue weighted by molar-refractivity contribution is 5.76. The monoisotopic (exact) mass is 249 g/mol. The fourth-order valence-electron chi connectivity index (χ4n) is 1.92. The van der Waals surface area contributed by atoms with Gasteiger partial charge in [-0.2, -0.15) is 0 Å². The standard InChI is InChI=1S/C15H23NO2/c1-3-10-16(11-12-17)15(18)9-8-14-6-4-13(2)5-7-14/h4-7,17H,3,8-12H2,1-2H3. The van der Waals surface area contributed by atoms with Crippen LogP contribution in [0.4, 0.5) is 0 Å². The Hall–Kier alpha value is -1.35. The summed E-state index contributed by atoms with van der Waals surface area (Å²) in [5.41, 5.74) is 2.42. The minimum absolute atomic E-state index is 0.0380. The average molecular weight is 249 g/mol. The molecular formula is C15H23NO2. The lowest BCUT2D eigenvalue weighted by molar-refractivity contribution is -0.131. The van der Waals surface area contributed by atoms with E-state index in [1.165, 1.54) is 11.1 Å². The molecule has 0 atom stereocenters. The molecule has 0 aliphatic rings. The smallest absolute Gasteiger partial charge is 0.222 e. The molecule has 0 aliphatic heterocycles. The highest BCUT2D eigenvalue weighted by Gasteiger charge is 2.11. The van der Waals surface area contributed by atoms with Gasteiger partial charge < -0.3 is 10.0 Å². The number of hydrogen-bond acceptors (Lipinski definition) is 2. The number of nitrogens with zero attached hydrogens (tertiary/aromatic N) is 1. The SMILES string of the molecule is CCCN(CCO)C(=O)CCc1ccc(C)cc1. The summed E-state index contributed by atoms with van der Waals surface area (Å²) in [5, 5.41) is 8.93. The van der Waals surface area contributed by atoms with Crippen molar-refractivity contribution < 1.29 is 9.90 Å². The molecule has 0 saturated carbocycles. The van der Waals surface area contributed by atoms with E-state index in [-0.39, 0.29) is 12.5 Å². The number of carbonyl (C=O) groups excluding carboxylic acids is 1. The lowest BCUT2D eigenvalue weighted by Crippen LogP contribution is -2.34. The third-order valence-electron chi connectivity index (χ3n) is 2.96. The molecule has 0 spiro atoms. The zero-order valence-corrected chi connectivity index (χ0v) is 11.4. The van der Waals surface area contributed by atoms with Crippen molar-refractivity contribution in [2.45, 2.75) is 33.1 Å². The van der Waals surface area contributed by atoms with Gasteiger partial charge in [-0.3, -0.25) is 4.79 Å². The van der Waals surface area contributed by atoms with Crippen molar-refractivity contribution in [1.82, 2.24) is 4.90 Å². The molecule has 0 saturated heterocycles. The van der Waals surface area contributed by atoms with E-state index in [0.717, 1.165) is 19.4 Å². The van der Waals surface area contributed by atoms with Gasteiger partial charge in [-0.1, -0.05) is 36.8 Å². The van der Waals surface area contributed by atoms with Crippen LogP contribution in [0.1, 0.15) is 30.9 Å². The van der Waals surface area contributed by atoms with Crippen LogP contribution in [0.25, 0.3) is 0 Å². The normalized spacial score (nSPS) is 10.4. The summed E-state index contributed by atoms with van der Waals surface area (Å²) >= 11 is 0. The Morgan fingerprint density at radius 2 is 1.89 bits per heavy atom. The van der Waals surface area contributed by atoms with Gasteiger partial charge >= 0.3 is 0 Å². The Bertz CT molecular complexity index is 353. The minimum atomic E-state index is 0.0380. The maximum Gasteiger partial charge on any atom is 0.222 e. The van der Waals surface area contributed by atoms with Gasteiger partial charge in [0.25, 0.3) is 0 Å². The second-order valence-electron chi connectivity index (χ2n) is 4.59. The van der Waals surface area contributed by atoms with E-state index in [0.29, 0.717) is 13.0 Å². The molecule has 18 heavy (non-hydrogen) atoms. The molecule has 1 amide bonds. The maximum absolute atomic E-state index is 12.0. The van der Waals surface area contributed by atoms with Crippen LogP contribution in [0.15, 0.2) is 24.3 Å². The van der Waals surface area contributed by atoms with Crippen LogP contribution in [0.2, 0.25) is 0 Å². The maximum atomic E-state index is 12.0. The summed E-state index contributed by atoms with van der Waals surface area (Å²) in [7, 11) is 0. The zero-order chi connectivity index (χ0) is 13.4. The Morgan fingerprint density at radius 3 is 2.44 bits per heavy atom. The second-order valence-corrected chi connectivity index (χ2v) is 4.59. The largest absolute Gasteiger partial charge is 0.395 e. The molecule has 1 rings (SSSR count). The number of hydrogen-bond donors (Lipinski definition) is 1. The van der Waals surface area contributed by atoms with Crippen LogP contribution in [-0.4, -0.2) is 35.6 Å². The van der Waals surface area contributed by atoms with Gasteiger partial charge in [-0.05, 0) is 25.3 Å². The van der Waals surface area contributed by atoms with Crippen LogP contribution >= 0.6 is 0 Å². The number of benzene rings is 1. The topological polar surface area (TPSA) is 40.5 Å². The van der Waals surface area contributed by atoms with Crippen molar-refractivity contribution in [2.75, 3.05) is 19.7 Å². The molecule has 3 nitrogen and oxygen atoms in total. The highest BCUT2D eigenvalue weighted by atomic mass is 16.3. The van der Waals surface area contributed by atoms with E-state index >= 15 is 0 Å². The van der Waals surface area contributed by atoms with Gasteiger partial charge in [0, 0.05) is 19.5 Å². The molecule has 0 unspecified atom stereocenters. The van der Waals surface area contributed by atoms with Crippen molar-refractivity contribution in [1.29, 1.82) is 0 Å². The van der Waals surface area contributed by atoms with E-state index in [1.807, 2.05) is 6.92 Å². The zero-order valence-electron chi connectivity index (χ0n) is 11.4. The van der Waals surface area contributed by atoms with Crippen LogP contribution in [0.3, 0.4) is 0 Å². The highest BCUT2D eigenvalue weighted by Crippen LogP contribution is 2.07. The number of carbonyl (C=O) groups is 1. The fraction of sp³-hybridized carbons (Fsp3) is 0.533. The molecule has 0 aliphatic carbocycles. The number of aryl methyl sites for hydroxylation is 2. The summed E-state index contributed by atoms with van der Waals surface area (Å²) in [6.45, 7) is 5.31. The number of aliphatic hydroxyl groups excluding tert-OH is 1. The van der Waals surface area contributed by atoms with Crippen LogP contribution in [-0.2, 0) is 11.2 Å². The Labute approximate surface area is 109 Å². The molecule has 1 aromatic carbocycles.